The minimum Gasteiger partial charge on any atom is -0.357 e. The van der Waals surface area contributed by atoms with Crippen LogP contribution >= 0.6 is 27.5 Å². The molecule has 2 amide bonds. The van der Waals surface area contributed by atoms with Gasteiger partial charge in [-0.2, -0.15) is 0 Å². The molecule has 1 atom stereocenters. The summed E-state index contributed by atoms with van der Waals surface area (Å²) < 4.78 is 26.7. The molecule has 0 saturated carbocycles. The van der Waals surface area contributed by atoms with E-state index >= 15 is 0 Å². The summed E-state index contributed by atoms with van der Waals surface area (Å²) in [6.07, 6.45) is 1.39. The Bertz CT molecular complexity index is 1030. The van der Waals surface area contributed by atoms with E-state index in [4.69, 9.17) is 11.6 Å². The first-order valence-electron chi connectivity index (χ1n) is 9.56. The van der Waals surface area contributed by atoms with E-state index in [1.54, 1.807) is 55.5 Å². The number of carbonyl (C=O) groups excluding carboxylic acids is 2. The number of nitrogens with one attached hydrogen (secondary N) is 1. The van der Waals surface area contributed by atoms with Gasteiger partial charge in [0.05, 0.1) is 11.9 Å². The molecule has 0 radical (unpaired) electrons. The summed E-state index contributed by atoms with van der Waals surface area (Å²) in [6, 6.07) is 12.8. The average molecular weight is 531 g/mol. The Morgan fingerprint density at radius 2 is 1.74 bits per heavy atom. The van der Waals surface area contributed by atoms with E-state index < -0.39 is 28.5 Å². The fraction of sp³-hybridized carbons (Fsp3) is 0.333. The average Bonchev–Trinajstić information content (AvgIpc) is 2.72. The summed E-state index contributed by atoms with van der Waals surface area (Å²) in [7, 11) is -2.26. The zero-order valence-corrected chi connectivity index (χ0v) is 20.7. The van der Waals surface area contributed by atoms with Gasteiger partial charge >= 0.3 is 0 Å². The van der Waals surface area contributed by atoms with Crippen molar-refractivity contribution >= 4 is 55.1 Å². The molecule has 0 bridgehead atoms. The van der Waals surface area contributed by atoms with Crippen molar-refractivity contribution in [1.29, 1.82) is 0 Å². The van der Waals surface area contributed by atoms with E-state index in [-0.39, 0.29) is 12.5 Å². The Kier molecular flexibility index (Phi) is 8.90. The van der Waals surface area contributed by atoms with Crippen molar-refractivity contribution in [2.24, 2.45) is 0 Å². The van der Waals surface area contributed by atoms with Crippen LogP contribution in [0.2, 0.25) is 5.02 Å². The van der Waals surface area contributed by atoms with Crippen molar-refractivity contribution in [1.82, 2.24) is 10.2 Å². The number of carbonyl (C=O) groups is 2. The molecule has 2 aromatic rings. The van der Waals surface area contributed by atoms with Crippen molar-refractivity contribution < 1.29 is 18.0 Å². The fourth-order valence-corrected chi connectivity index (χ4v) is 4.43. The number of amides is 2. The highest BCUT2D eigenvalue weighted by Crippen LogP contribution is 2.23. The predicted octanol–water partition coefficient (Wildman–Crippen LogP) is 3.42. The van der Waals surface area contributed by atoms with Crippen molar-refractivity contribution in [3.63, 3.8) is 0 Å². The maximum absolute atomic E-state index is 13.4. The molecule has 0 aliphatic carbocycles. The van der Waals surface area contributed by atoms with Crippen LogP contribution in [0.5, 0.6) is 0 Å². The van der Waals surface area contributed by atoms with Gasteiger partial charge in [0, 0.05) is 23.1 Å². The van der Waals surface area contributed by atoms with Crippen molar-refractivity contribution in [3.8, 4) is 0 Å². The highest BCUT2D eigenvalue weighted by molar-refractivity contribution is 9.10. The van der Waals surface area contributed by atoms with Crippen LogP contribution in [-0.2, 0) is 26.2 Å². The van der Waals surface area contributed by atoms with Gasteiger partial charge in [0.15, 0.2) is 0 Å². The normalized spacial score (nSPS) is 12.2. The molecule has 0 unspecified atom stereocenters. The Hall–Kier alpha value is -2.10. The largest absolute Gasteiger partial charge is 0.357 e. The topological polar surface area (TPSA) is 86.8 Å². The van der Waals surface area contributed by atoms with E-state index in [9.17, 15) is 18.0 Å². The number of likely N-dealkylation sites (N-methyl/N-ethyl adjacent to an activating group) is 1. The molecule has 0 saturated heterocycles. The van der Waals surface area contributed by atoms with Crippen molar-refractivity contribution in [2.75, 3.05) is 24.2 Å². The number of sulfonamides is 1. The number of rotatable bonds is 9. The monoisotopic (exact) mass is 529 g/mol. The lowest BCUT2D eigenvalue weighted by Gasteiger charge is -2.32. The predicted molar refractivity (Wildman–Crippen MR) is 126 cm³/mol. The van der Waals surface area contributed by atoms with E-state index in [0.717, 1.165) is 15.0 Å². The Labute approximate surface area is 196 Å². The van der Waals surface area contributed by atoms with Gasteiger partial charge in [0.1, 0.15) is 12.6 Å². The molecular formula is C21H25BrClN3O4S. The molecule has 0 aliphatic rings. The molecule has 168 valence electrons. The van der Waals surface area contributed by atoms with Crippen LogP contribution in [-0.4, -0.2) is 51.0 Å². The molecule has 0 aliphatic heterocycles. The van der Waals surface area contributed by atoms with E-state index in [1.807, 2.05) is 0 Å². The van der Waals surface area contributed by atoms with E-state index in [1.165, 1.54) is 11.9 Å². The number of hydrogen-bond acceptors (Lipinski definition) is 4. The van der Waals surface area contributed by atoms with Crippen LogP contribution < -0.4 is 9.62 Å². The summed E-state index contributed by atoms with van der Waals surface area (Å²) in [5, 5.41) is 3.03. The standard InChI is InChI=1S/C21H25BrClN3O4S/c1-4-19(21(28)24-2)25(13-15-7-5-6-8-18(15)23)20(27)14-26(31(3,29)30)17-11-9-16(22)10-12-17/h5-12,19H,4,13-14H2,1-3H3,(H,24,28)/t19-/m0/s1. The number of benzene rings is 2. The zero-order valence-electron chi connectivity index (χ0n) is 17.5. The molecule has 1 N–H and O–H groups in total. The van der Waals surface area contributed by atoms with Gasteiger partial charge in [-0.15, -0.1) is 0 Å². The molecule has 0 aromatic heterocycles. The third kappa shape index (κ3) is 6.69. The second kappa shape index (κ2) is 11.0. The van der Waals surface area contributed by atoms with E-state index in [2.05, 4.69) is 21.2 Å². The van der Waals surface area contributed by atoms with Gasteiger partial charge in [0.2, 0.25) is 21.8 Å². The molecule has 31 heavy (non-hydrogen) atoms. The SMILES string of the molecule is CC[C@@H](C(=O)NC)N(Cc1ccccc1Cl)C(=O)CN(c1ccc(Br)cc1)S(C)(=O)=O. The molecule has 0 heterocycles. The lowest BCUT2D eigenvalue weighted by atomic mass is 10.1. The quantitative estimate of drug-likeness (QED) is 0.538. The lowest BCUT2D eigenvalue weighted by Crippen LogP contribution is -2.51. The van der Waals surface area contributed by atoms with Crippen LogP contribution in [0.15, 0.2) is 53.0 Å². The highest BCUT2D eigenvalue weighted by Gasteiger charge is 2.31. The van der Waals surface area contributed by atoms with Gasteiger partial charge in [-0.05, 0) is 42.3 Å². The van der Waals surface area contributed by atoms with Gasteiger partial charge < -0.3 is 10.2 Å². The summed E-state index contributed by atoms with van der Waals surface area (Å²) >= 11 is 9.59. The van der Waals surface area contributed by atoms with Gasteiger partial charge in [-0.25, -0.2) is 8.42 Å². The Morgan fingerprint density at radius 1 is 1.13 bits per heavy atom. The minimum atomic E-state index is -3.75. The Morgan fingerprint density at radius 3 is 2.26 bits per heavy atom. The first-order chi connectivity index (χ1) is 14.6. The first-order valence-corrected chi connectivity index (χ1v) is 12.6. The number of halogens is 2. The molecule has 7 nitrogen and oxygen atoms in total. The molecule has 10 heteroatoms. The Balaban J connectivity index is 2.43. The van der Waals surface area contributed by atoms with E-state index in [0.29, 0.717) is 22.7 Å². The molecule has 2 aromatic carbocycles. The van der Waals surface area contributed by atoms with Gasteiger partial charge in [0.25, 0.3) is 0 Å². The van der Waals surface area contributed by atoms with Crippen LogP contribution in [0, 0.1) is 0 Å². The third-order valence-electron chi connectivity index (χ3n) is 4.72. The summed E-state index contributed by atoms with van der Waals surface area (Å²) in [6.45, 7) is 1.41. The second-order valence-electron chi connectivity index (χ2n) is 6.90. The van der Waals surface area contributed by atoms with Gasteiger partial charge in [-0.3, -0.25) is 13.9 Å². The maximum atomic E-state index is 13.4. The molecule has 0 spiro atoms. The minimum absolute atomic E-state index is 0.0718. The van der Waals surface area contributed by atoms with Crippen LogP contribution in [0.3, 0.4) is 0 Å². The fourth-order valence-electron chi connectivity index (χ4n) is 3.12. The molecule has 0 fully saturated rings. The summed E-state index contributed by atoms with van der Waals surface area (Å²) in [5.41, 5.74) is 1.01. The lowest BCUT2D eigenvalue weighted by molar-refractivity contribution is -0.140. The van der Waals surface area contributed by atoms with Crippen LogP contribution in [0.25, 0.3) is 0 Å². The van der Waals surface area contributed by atoms with Gasteiger partial charge in [-0.1, -0.05) is 52.7 Å². The van der Waals surface area contributed by atoms with Crippen LogP contribution in [0.1, 0.15) is 18.9 Å². The third-order valence-corrected chi connectivity index (χ3v) is 6.76. The molecule has 2 rings (SSSR count). The van der Waals surface area contributed by atoms with Crippen molar-refractivity contribution in [3.05, 3.63) is 63.6 Å². The summed E-state index contributed by atoms with van der Waals surface area (Å²) in [5.74, 6) is -0.846. The molecular weight excluding hydrogens is 506 g/mol. The summed E-state index contributed by atoms with van der Waals surface area (Å²) in [4.78, 5) is 27.2. The van der Waals surface area contributed by atoms with Crippen LogP contribution in [0.4, 0.5) is 5.69 Å². The van der Waals surface area contributed by atoms with Crippen molar-refractivity contribution in [2.45, 2.75) is 25.9 Å². The second-order valence-corrected chi connectivity index (χ2v) is 10.1. The smallest absolute Gasteiger partial charge is 0.244 e. The number of anilines is 1. The highest BCUT2D eigenvalue weighted by atomic mass is 79.9. The first kappa shape index (κ1) is 25.2. The number of hydrogen-bond donors (Lipinski definition) is 1. The zero-order chi connectivity index (χ0) is 23.2. The maximum Gasteiger partial charge on any atom is 0.244 e. The number of nitrogens with zero attached hydrogens (tertiary/aromatic N) is 2.